The van der Waals surface area contributed by atoms with Crippen LogP contribution in [0.3, 0.4) is 0 Å². The first-order valence-corrected chi connectivity index (χ1v) is 9.50. The van der Waals surface area contributed by atoms with Gasteiger partial charge in [0.25, 0.3) is 11.1 Å². The van der Waals surface area contributed by atoms with Gasteiger partial charge in [0.1, 0.15) is 6.54 Å². The van der Waals surface area contributed by atoms with Gasteiger partial charge in [0, 0.05) is 18.0 Å². The van der Waals surface area contributed by atoms with Gasteiger partial charge in [-0.15, -0.1) is 0 Å². The highest BCUT2D eigenvalue weighted by molar-refractivity contribution is 5.82. The molecule has 0 fully saturated rings. The fourth-order valence-electron chi connectivity index (χ4n) is 3.39. The summed E-state index contributed by atoms with van der Waals surface area (Å²) in [6.45, 7) is 1.64. The second kappa shape index (κ2) is 8.12. The number of pyridine rings is 2. The summed E-state index contributed by atoms with van der Waals surface area (Å²) < 4.78 is 2.55. The van der Waals surface area contributed by atoms with Crippen LogP contribution in [0.25, 0.3) is 16.6 Å². The molecule has 9 nitrogen and oxygen atoms in total. The normalized spacial score (nSPS) is 10.7. The largest absolute Gasteiger partial charge is 0.349 e. The van der Waals surface area contributed by atoms with Crippen molar-refractivity contribution in [3.63, 3.8) is 0 Å². The first-order valence-electron chi connectivity index (χ1n) is 9.50. The first-order chi connectivity index (χ1) is 15.0. The SMILES string of the molecule is Cc1c2c(=O)n(-c3cccc(C#N)c3)[nH]c2cc(=O)n1CC(=O)NCc1ccccn1. The second-order valence-electron chi connectivity index (χ2n) is 6.96. The Kier molecular flexibility index (Phi) is 5.20. The van der Waals surface area contributed by atoms with Crippen LogP contribution >= 0.6 is 0 Å². The quantitative estimate of drug-likeness (QED) is 0.510. The number of carbonyl (C=O) groups is 1. The van der Waals surface area contributed by atoms with E-state index in [1.54, 1.807) is 49.5 Å². The zero-order valence-corrected chi connectivity index (χ0v) is 16.6. The zero-order valence-electron chi connectivity index (χ0n) is 16.6. The molecule has 0 aliphatic heterocycles. The average molecular weight is 414 g/mol. The predicted octanol–water partition coefficient (Wildman–Crippen LogP) is 1.37. The number of aromatic amines is 1. The van der Waals surface area contributed by atoms with E-state index in [2.05, 4.69) is 15.4 Å². The first kappa shape index (κ1) is 19.8. The zero-order chi connectivity index (χ0) is 22.0. The number of aromatic nitrogens is 4. The molecule has 0 bridgehead atoms. The van der Waals surface area contributed by atoms with Crippen molar-refractivity contribution >= 4 is 16.8 Å². The van der Waals surface area contributed by atoms with Crippen LogP contribution in [0.2, 0.25) is 0 Å². The van der Waals surface area contributed by atoms with Crippen molar-refractivity contribution in [1.29, 1.82) is 5.26 Å². The Morgan fingerprint density at radius 3 is 2.77 bits per heavy atom. The van der Waals surface area contributed by atoms with E-state index in [-0.39, 0.29) is 24.6 Å². The van der Waals surface area contributed by atoms with E-state index in [0.29, 0.717) is 33.5 Å². The summed E-state index contributed by atoms with van der Waals surface area (Å²) in [4.78, 5) is 42.2. The highest BCUT2D eigenvalue weighted by atomic mass is 16.2. The summed E-state index contributed by atoms with van der Waals surface area (Å²) in [6.07, 6.45) is 1.63. The third kappa shape index (κ3) is 3.86. The molecule has 0 saturated heterocycles. The third-order valence-electron chi connectivity index (χ3n) is 4.95. The Labute approximate surface area is 176 Å². The number of hydrogen-bond acceptors (Lipinski definition) is 5. The van der Waals surface area contributed by atoms with Crippen LogP contribution in [0.4, 0.5) is 0 Å². The Hall–Kier alpha value is -4.45. The van der Waals surface area contributed by atoms with E-state index in [4.69, 9.17) is 5.26 Å². The van der Waals surface area contributed by atoms with Crippen LogP contribution < -0.4 is 16.4 Å². The molecule has 0 spiro atoms. The molecule has 0 aliphatic rings. The standard InChI is InChI=1S/C22H18N6O3/c1-14-21-18(26-28(22(21)31)17-7-4-5-15(9-17)11-23)10-20(30)27(14)13-19(29)25-12-16-6-2-3-8-24-16/h2-10,26H,12-13H2,1H3,(H,25,29). The molecule has 154 valence electrons. The second-order valence-corrected chi connectivity index (χ2v) is 6.96. The molecule has 9 heteroatoms. The molecule has 3 aromatic heterocycles. The van der Waals surface area contributed by atoms with Crippen LogP contribution in [0.5, 0.6) is 0 Å². The predicted molar refractivity (Wildman–Crippen MR) is 114 cm³/mol. The van der Waals surface area contributed by atoms with Gasteiger partial charge in [0.05, 0.1) is 40.5 Å². The maximum atomic E-state index is 13.0. The number of carbonyl (C=O) groups excluding carboxylic acids is 1. The number of amides is 1. The number of nitrogens with one attached hydrogen (secondary N) is 2. The van der Waals surface area contributed by atoms with Crippen molar-refractivity contribution in [3.8, 4) is 11.8 Å². The Bertz CT molecular complexity index is 1440. The molecule has 1 aromatic carbocycles. The van der Waals surface area contributed by atoms with Crippen molar-refractivity contribution in [2.24, 2.45) is 0 Å². The summed E-state index contributed by atoms with van der Waals surface area (Å²) in [5, 5.41) is 15.0. The molecule has 3 heterocycles. The summed E-state index contributed by atoms with van der Waals surface area (Å²) in [5.74, 6) is -0.368. The molecule has 31 heavy (non-hydrogen) atoms. The molecular formula is C22H18N6O3. The minimum Gasteiger partial charge on any atom is -0.349 e. The fraction of sp³-hybridized carbons (Fsp3) is 0.136. The van der Waals surface area contributed by atoms with Gasteiger partial charge in [0.15, 0.2) is 0 Å². The van der Waals surface area contributed by atoms with Gasteiger partial charge in [-0.05, 0) is 37.3 Å². The topological polar surface area (TPSA) is 126 Å². The molecular weight excluding hydrogens is 396 g/mol. The van der Waals surface area contributed by atoms with Crippen LogP contribution in [0, 0.1) is 18.3 Å². The van der Waals surface area contributed by atoms with E-state index < -0.39 is 5.56 Å². The van der Waals surface area contributed by atoms with Crippen LogP contribution in [-0.2, 0) is 17.9 Å². The van der Waals surface area contributed by atoms with E-state index >= 15 is 0 Å². The minimum atomic E-state index is -0.405. The van der Waals surface area contributed by atoms with Crippen molar-refractivity contribution in [2.45, 2.75) is 20.0 Å². The summed E-state index contributed by atoms with van der Waals surface area (Å²) >= 11 is 0. The van der Waals surface area contributed by atoms with Crippen LogP contribution in [0.1, 0.15) is 17.0 Å². The lowest BCUT2D eigenvalue weighted by Gasteiger charge is -2.10. The molecule has 0 atom stereocenters. The highest BCUT2D eigenvalue weighted by Gasteiger charge is 2.17. The number of benzene rings is 1. The molecule has 0 aliphatic carbocycles. The summed E-state index contributed by atoms with van der Waals surface area (Å²) in [5.41, 5.74) is 1.55. The maximum Gasteiger partial charge on any atom is 0.280 e. The molecule has 1 amide bonds. The number of nitriles is 1. The lowest BCUT2D eigenvalue weighted by atomic mass is 10.2. The van der Waals surface area contributed by atoms with Crippen molar-refractivity contribution in [3.05, 3.63) is 92.4 Å². The Morgan fingerprint density at radius 1 is 1.19 bits per heavy atom. The van der Waals surface area contributed by atoms with Gasteiger partial charge in [-0.3, -0.25) is 24.5 Å². The minimum absolute atomic E-state index is 0.220. The Balaban J connectivity index is 1.67. The van der Waals surface area contributed by atoms with Crippen molar-refractivity contribution < 1.29 is 4.79 Å². The van der Waals surface area contributed by atoms with Gasteiger partial charge < -0.3 is 9.88 Å². The third-order valence-corrected chi connectivity index (χ3v) is 4.95. The van der Waals surface area contributed by atoms with Gasteiger partial charge >= 0.3 is 0 Å². The number of nitrogens with zero attached hydrogens (tertiary/aromatic N) is 4. The molecule has 4 rings (SSSR count). The van der Waals surface area contributed by atoms with Gasteiger partial charge in [0.2, 0.25) is 5.91 Å². The average Bonchev–Trinajstić information content (AvgIpc) is 3.12. The van der Waals surface area contributed by atoms with E-state index in [1.807, 2.05) is 12.1 Å². The molecule has 0 unspecified atom stereocenters. The van der Waals surface area contributed by atoms with E-state index in [0.717, 1.165) is 0 Å². The lowest BCUT2D eigenvalue weighted by Crippen LogP contribution is -2.33. The number of fused-ring (bicyclic) bond motifs is 1. The van der Waals surface area contributed by atoms with Crippen LogP contribution in [-0.4, -0.2) is 25.2 Å². The fourth-order valence-corrected chi connectivity index (χ4v) is 3.39. The van der Waals surface area contributed by atoms with Crippen LogP contribution in [0.15, 0.2) is 64.3 Å². The van der Waals surface area contributed by atoms with E-state index in [9.17, 15) is 14.4 Å². The van der Waals surface area contributed by atoms with Gasteiger partial charge in [-0.25, -0.2) is 4.68 Å². The number of aryl methyl sites for hydroxylation is 1. The summed E-state index contributed by atoms with van der Waals surface area (Å²) in [7, 11) is 0. The Morgan fingerprint density at radius 2 is 2.03 bits per heavy atom. The number of H-pyrrole nitrogens is 1. The lowest BCUT2D eigenvalue weighted by molar-refractivity contribution is -0.121. The maximum absolute atomic E-state index is 13.0. The summed E-state index contributed by atoms with van der Waals surface area (Å²) in [6, 6.07) is 15.3. The monoisotopic (exact) mass is 414 g/mol. The molecule has 0 saturated carbocycles. The molecule has 2 N–H and O–H groups in total. The highest BCUT2D eigenvalue weighted by Crippen LogP contribution is 2.14. The van der Waals surface area contributed by atoms with Crippen molar-refractivity contribution in [1.82, 2.24) is 24.6 Å². The number of hydrogen-bond donors (Lipinski definition) is 2. The molecule has 0 radical (unpaired) electrons. The van der Waals surface area contributed by atoms with Gasteiger partial charge in [-0.2, -0.15) is 5.26 Å². The smallest absolute Gasteiger partial charge is 0.280 e. The van der Waals surface area contributed by atoms with Crippen molar-refractivity contribution in [2.75, 3.05) is 0 Å². The molecule has 4 aromatic rings. The van der Waals surface area contributed by atoms with E-state index in [1.165, 1.54) is 15.3 Å². The van der Waals surface area contributed by atoms with Gasteiger partial charge in [-0.1, -0.05) is 12.1 Å². The number of rotatable bonds is 5.